The number of ether oxygens (including phenoxy) is 2. The van der Waals surface area contributed by atoms with E-state index in [2.05, 4.69) is 5.32 Å². The lowest BCUT2D eigenvalue weighted by molar-refractivity contribution is -0.151. The van der Waals surface area contributed by atoms with Crippen molar-refractivity contribution < 1.29 is 19.1 Å². The summed E-state index contributed by atoms with van der Waals surface area (Å²) in [5.74, 6) is -0.284. The van der Waals surface area contributed by atoms with Crippen LogP contribution in [0, 0.1) is 5.92 Å². The maximum atomic E-state index is 12.0. The number of esters is 1. The Hall–Kier alpha value is -1.14. The standard InChI is InChI=1S/C14H26N2O4/c1-4-20-14(18)12-6-5-8-16(10-12)11(2)13(17)15-7-9-19-3/h11-12H,4-10H2,1-3H3,(H,15,17)/t11?,12-/m0/s1. The maximum Gasteiger partial charge on any atom is 0.310 e. The van der Waals surface area contributed by atoms with Crippen LogP contribution in [0.1, 0.15) is 26.7 Å². The van der Waals surface area contributed by atoms with Crippen molar-refractivity contribution in [2.24, 2.45) is 5.92 Å². The van der Waals surface area contributed by atoms with Gasteiger partial charge in [0.05, 0.1) is 25.2 Å². The molecule has 1 amide bonds. The first-order valence-electron chi connectivity index (χ1n) is 7.27. The van der Waals surface area contributed by atoms with E-state index in [1.807, 2.05) is 18.7 Å². The van der Waals surface area contributed by atoms with Crippen LogP contribution in [-0.4, -0.2) is 62.8 Å². The van der Waals surface area contributed by atoms with Crippen molar-refractivity contribution >= 4 is 11.9 Å². The zero-order valence-electron chi connectivity index (χ0n) is 12.7. The van der Waals surface area contributed by atoms with E-state index in [4.69, 9.17) is 9.47 Å². The lowest BCUT2D eigenvalue weighted by atomic mass is 9.97. The maximum absolute atomic E-state index is 12.0. The van der Waals surface area contributed by atoms with E-state index >= 15 is 0 Å². The number of nitrogens with zero attached hydrogens (tertiary/aromatic N) is 1. The SMILES string of the molecule is CCOC(=O)[C@H]1CCCN(C(C)C(=O)NCCOC)C1. The molecule has 0 aromatic rings. The summed E-state index contributed by atoms with van der Waals surface area (Å²) in [4.78, 5) is 25.8. The fraction of sp³-hybridized carbons (Fsp3) is 0.857. The number of hydrogen-bond donors (Lipinski definition) is 1. The molecule has 0 bridgehead atoms. The first-order chi connectivity index (χ1) is 9.60. The van der Waals surface area contributed by atoms with Crippen LogP contribution >= 0.6 is 0 Å². The summed E-state index contributed by atoms with van der Waals surface area (Å²) in [5.41, 5.74) is 0. The third kappa shape index (κ3) is 5.09. The molecule has 116 valence electrons. The minimum Gasteiger partial charge on any atom is -0.466 e. The highest BCUT2D eigenvalue weighted by Crippen LogP contribution is 2.19. The van der Waals surface area contributed by atoms with Crippen molar-refractivity contribution in [1.29, 1.82) is 0 Å². The summed E-state index contributed by atoms with van der Waals surface area (Å²) in [6.07, 6.45) is 1.76. The number of nitrogens with one attached hydrogen (secondary N) is 1. The Morgan fingerprint density at radius 1 is 1.45 bits per heavy atom. The van der Waals surface area contributed by atoms with Crippen molar-refractivity contribution in [3.63, 3.8) is 0 Å². The molecular formula is C14H26N2O4. The highest BCUT2D eigenvalue weighted by Gasteiger charge is 2.31. The van der Waals surface area contributed by atoms with Crippen LogP contribution in [0.3, 0.4) is 0 Å². The van der Waals surface area contributed by atoms with Crippen LogP contribution in [0.2, 0.25) is 0 Å². The quantitative estimate of drug-likeness (QED) is 0.542. The molecule has 0 saturated carbocycles. The first kappa shape index (κ1) is 16.9. The zero-order chi connectivity index (χ0) is 15.0. The van der Waals surface area contributed by atoms with Gasteiger partial charge in [0, 0.05) is 20.2 Å². The fourth-order valence-corrected chi connectivity index (χ4v) is 2.40. The molecule has 0 aromatic heterocycles. The lowest BCUT2D eigenvalue weighted by Gasteiger charge is -2.35. The third-order valence-corrected chi connectivity index (χ3v) is 3.61. The van der Waals surface area contributed by atoms with E-state index in [-0.39, 0.29) is 23.8 Å². The van der Waals surface area contributed by atoms with Crippen LogP contribution in [0.25, 0.3) is 0 Å². The Morgan fingerprint density at radius 2 is 2.20 bits per heavy atom. The second kappa shape index (κ2) is 8.92. The molecule has 6 nitrogen and oxygen atoms in total. The molecule has 0 aromatic carbocycles. The third-order valence-electron chi connectivity index (χ3n) is 3.61. The number of piperidine rings is 1. The molecule has 1 aliphatic heterocycles. The Morgan fingerprint density at radius 3 is 2.85 bits per heavy atom. The number of carbonyl (C=O) groups excluding carboxylic acids is 2. The van der Waals surface area contributed by atoms with E-state index in [0.29, 0.717) is 26.3 Å². The molecule has 1 saturated heterocycles. The van der Waals surface area contributed by atoms with Gasteiger partial charge in [-0.3, -0.25) is 14.5 Å². The van der Waals surface area contributed by atoms with Crippen molar-refractivity contribution in [2.75, 3.05) is 40.0 Å². The van der Waals surface area contributed by atoms with Gasteiger partial charge in [0.15, 0.2) is 0 Å². The normalized spacial score (nSPS) is 21.2. The van der Waals surface area contributed by atoms with Crippen LogP contribution in [0.4, 0.5) is 0 Å². The van der Waals surface area contributed by atoms with Crippen LogP contribution in [0.15, 0.2) is 0 Å². The number of hydrogen-bond acceptors (Lipinski definition) is 5. The summed E-state index contributed by atoms with van der Waals surface area (Å²) in [6.45, 7) is 6.54. The second-order valence-electron chi connectivity index (χ2n) is 5.05. The van der Waals surface area contributed by atoms with Gasteiger partial charge >= 0.3 is 5.97 Å². The van der Waals surface area contributed by atoms with Gasteiger partial charge in [-0.05, 0) is 33.2 Å². The molecule has 1 fully saturated rings. The highest BCUT2D eigenvalue weighted by atomic mass is 16.5. The first-order valence-corrected chi connectivity index (χ1v) is 7.27. The smallest absolute Gasteiger partial charge is 0.310 e. The number of amides is 1. The van der Waals surface area contributed by atoms with E-state index in [1.54, 1.807) is 7.11 Å². The van der Waals surface area contributed by atoms with Gasteiger partial charge in [0.2, 0.25) is 5.91 Å². The summed E-state index contributed by atoms with van der Waals surface area (Å²) in [5, 5.41) is 2.83. The predicted octanol–water partition coefficient (Wildman–Crippen LogP) is 0.413. The van der Waals surface area contributed by atoms with Crippen molar-refractivity contribution in [2.45, 2.75) is 32.7 Å². The average molecular weight is 286 g/mol. The van der Waals surface area contributed by atoms with E-state index in [0.717, 1.165) is 19.4 Å². The molecule has 2 atom stereocenters. The van der Waals surface area contributed by atoms with Gasteiger partial charge in [-0.1, -0.05) is 0 Å². The zero-order valence-corrected chi connectivity index (χ0v) is 12.7. The second-order valence-corrected chi connectivity index (χ2v) is 5.05. The summed E-state index contributed by atoms with van der Waals surface area (Å²) >= 11 is 0. The molecular weight excluding hydrogens is 260 g/mol. The number of methoxy groups -OCH3 is 1. The van der Waals surface area contributed by atoms with E-state index < -0.39 is 0 Å². The lowest BCUT2D eigenvalue weighted by Crippen LogP contribution is -2.50. The van der Waals surface area contributed by atoms with Gasteiger partial charge < -0.3 is 14.8 Å². The minimum atomic E-state index is -0.232. The number of rotatable bonds is 7. The molecule has 20 heavy (non-hydrogen) atoms. The monoisotopic (exact) mass is 286 g/mol. The van der Waals surface area contributed by atoms with Gasteiger partial charge in [-0.15, -0.1) is 0 Å². The Kier molecular flexibility index (Phi) is 7.54. The van der Waals surface area contributed by atoms with Crippen LogP contribution in [-0.2, 0) is 19.1 Å². The van der Waals surface area contributed by atoms with Crippen molar-refractivity contribution in [3.05, 3.63) is 0 Å². The topological polar surface area (TPSA) is 67.9 Å². The van der Waals surface area contributed by atoms with Gasteiger partial charge in [0.25, 0.3) is 0 Å². The molecule has 1 heterocycles. The number of likely N-dealkylation sites (tertiary alicyclic amines) is 1. The Balaban J connectivity index is 2.45. The molecule has 0 aliphatic carbocycles. The largest absolute Gasteiger partial charge is 0.466 e. The molecule has 1 rings (SSSR count). The molecule has 6 heteroatoms. The summed E-state index contributed by atoms with van der Waals surface area (Å²) in [6, 6.07) is -0.232. The van der Waals surface area contributed by atoms with Crippen molar-refractivity contribution in [3.8, 4) is 0 Å². The molecule has 0 radical (unpaired) electrons. The van der Waals surface area contributed by atoms with Gasteiger partial charge in [-0.2, -0.15) is 0 Å². The Labute approximate surface area is 120 Å². The average Bonchev–Trinajstić information content (AvgIpc) is 2.47. The molecule has 0 spiro atoms. The summed E-state index contributed by atoms with van der Waals surface area (Å²) < 4.78 is 9.97. The predicted molar refractivity (Wildman–Crippen MR) is 75.3 cm³/mol. The van der Waals surface area contributed by atoms with Crippen LogP contribution < -0.4 is 5.32 Å². The van der Waals surface area contributed by atoms with Gasteiger partial charge in [0.1, 0.15) is 0 Å². The fourth-order valence-electron chi connectivity index (χ4n) is 2.40. The van der Waals surface area contributed by atoms with E-state index in [1.165, 1.54) is 0 Å². The van der Waals surface area contributed by atoms with E-state index in [9.17, 15) is 9.59 Å². The molecule has 1 unspecified atom stereocenters. The summed E-state index contributed by atoms with van der Waals surface area (Å²) in [7, 11) is 1.60. The van der Waals surface area contributed by atoms with Crippen molar-refractivity contribution in [1.82, 2.24) is 10.2 Å². The van der Waals surface area contributed by atoms with Crippen LogP contribution in [0.5, 0.6) is 0 Å². The molecule has 1 N–H and O–H groups in total. The minimum absolute atomic E-state index is 0.0217. The Bertz CT molecular complexity index is 322. The van der Waals surface area contributed by atoms with Gasteiger partial charge in [-0.25, -0.2) is 0 Å². The molecule has 1 aliphatic rings. The number of carbonyl (C=O) groups is 2. The highest BCUT2D eigenvalue weighted by molar-refractivity contribution is 5.81.